The largest absolute Gasteiger partial charge is 0.332 e. The average molecular weight is 480 g/mol. The molecule has 7 nitrogen and oxygen atoms in total. The lowest BCUT2D eigenvalue weighted by Crippen LogP contribution is -2.44. The van der Waals surface area contributed by atoms with Crippen molar-refractivity contribution < 1.29 is 14.5 Å². The normalized spacial score (nSPS) is 11.6. The summed E-state index contributed by atoms with van der Waals surface area (Å²) in [5.41, 5.74) is 1.27. The molecule has 8 heteroatoms. The number of amides is 2. The number of thiophene rings is 1. The van der Waals surface area contributed by atoms with Gasteiger partial charge in [0, 0.05) is 35.7 Å². The van der Waals surface area contributed by atoms with Crippen molar-refractivity contribution in [3.63, 3.8) is 0 Å². The Labute approximate surface area is 203 Å². The van der Waals surface area contributed by atoms with Crippen LogP contribution in [0, 0.1) is 16.0 Å². The zero-order valence-electron chi connectivity index (χ0n) is 19.4. The number of hydrogen-bond acceptors (Lipinski definition) is 5. The Bertz CT molecular complexity index is 1090. The fourth-order valence-corrected chi connectivity index (χ4v) is 4.24. The minimum absolute atomic E-state index is 0.0572. The van der Waals surface area contributed by atoms with Crippen molar-refractivity contribution in [3.8, 4) is 0 Å². The van der Waals surface area contributed by atoms with Crippen LogP contribution >= 0.6 is 11.3 Å². The number of nitro groups is 1. The maximum atomic E-state index is 13.5. The van der Waals surface area contributed by atoms with E-state index in [1.54, 1.807) is 21.1 Å². The van der Waals surface area contributed by atoms with Crippen LogP contribution in [0.15, 0.2) is 72.1 Å². The topological polar surface area (TPSA) is 83.8 Å². The molecule has 0 spiro atoms. The zero-order chi connectivity index (χ0) is 24.5. The van der Waals surface area contributed by atoms with Crippen molar-refractivity contribution in [2.75, 3.05) is 13.1 Å². The Morgan fingerprint density at radius 2 is 1.68 bits per heavy atom. The number of non-ortho nitro benzene ring substituents is 1. The van der Waals surface area contributed by atoms with Gasteiger partial charge in [-0.05, 0) is 35.1 Å². The van der Waals surface area contributed by atoms with E-state index >= 15 is 0 Å². The lowest BCUT2D eigenvalue weighted by atomic mass is 10.1. The molecule has 178 valence electrons. The van der Waals surface area contributed by atoms with Crippen molar-refractivity contribution in [2.24, 2.45) is 5.92 Å². The maximum Gasteiger partial charge on any atom is 0.269 e. The molecule has 0 fully saturated rings. The van der Waals surface area contributed by atoms with E-state index in [1.807, 2.05) is 61.7 Å². The Kier molecular flexibility index (Phi) is 8.93. The standard InChI is InChI=1S/C26H29N3O4S/c1-3-20(2)16-28(26(31)22-11-13-23(14-12-22)29(32)33)19-25(30)27(18-24-10-7-15-34-24)17-21-8-5-4-6-9-21/h4-15,20H,3,16-19H2,1-2H3. The van der Waals surface area contributed by atoms with Gasteiger partial charge in [0.1, 0.15) is 6.54 Å². The molecule has 0 bridgehead atoms. The second-order valence-electron chi connectivity index (χ2n) is 8.32. The second-order valence-corrected chi connectivity index (χ2v) is 9.35. The van der Waals surface area contributed by atoms with Crippen LogP contribution in [0.4, 0.5) is 5.69 Å². The molecular formula is C26H29N3O4S. The zero-order valence-corrected chi connectivity index (χ0v) is 20.2. The second kappa shape index (κ2) is 12.1. The van der Waals surface area contributed by atoms with Gasteiger partial charge in [-0.2, -0.15) is 0 Å². The molecular weight excluding hydrogens is 450 g/mol. The predicted molar refractivity (Wildman–Crippen MR) is 133 cm³/mol. The van der Waals surface area contributed by atoms with Gasteiger partial charge in [-0.1, -0.05) is 56.7 Å². The van der Waals surface area contributed by atoms with Gasteiger partial charge in [0.15, 0.2) is 0 Å². The van der Waals surface area contributed by atoms with Gasteiger partial charge in [0.25, 0.3) is 11.6 Å². The first-order valence-electron chi connectivity index (χ1n) is 11.2. The number of benzene rings is 2. The molecule has 0 N–H and O–H groups in total. The van der Waals surface area contributed by atoms with Gasteiger partial charge in [0.2, 0.25) is 5.91 Å². The number of carbonyl (C=O) groups is 2. The first-order valence-corrected chi connectivity index (χ1v) is 12.1. The van der Waals surface area contributed by atoms with E-state index in [-0.39, 0.29) is 30.0 Å². The highest BCUT2D eigenvalue weighted by Crippen LogP contribution is 2.18. The van der Waals surface area contributed by atoms with Crippen molar-refractivity contribution in [1.29, 1.82) is 0 Å². The number of hydrogen-bond donors (Lipinski definition) is 0. The van der Waals surface area contributed by atoms with Crippen molar-refractivity contribution in [3.05, 3.63) is 98.2 Å². The lowest BCUT2D eigenvalue weighted by molar-refractivity contribution is -0.384. The lowest BCUT2D eigenvalue weighted by Gasteiger charge is -2.29. The minimum atomic E-state index is -0.499. The Hall–Kier alpha value is -3.52. The van der Waals surface area contributed by atoms with Crippen LogP contribution < -0.4 is 0 Å². The quantitative estimate of drug-likeness (QED) is 0.273. The minimum Gasteiger partial charge on any atom is -0.332 e. The van der Waals surface area contributed by atoms with Crippen LogP contribution in [-0.2, 0) is 17.9 Å². The fourth-order valence-electron chi connectivity index (χ4n) is 3.52. The summed E-state index contributed by atoms with van der Waals surface area (Å²) in [6.07, 6.45) is 0.862. The highest BCUT2D eigenvalue weighted by atomic mass is 32.1. The van der Waals surface area contributed by atoms with E-state index in [9.17, 15) is 19.7 Å². The summed E-state index contributed by atoms with van der Waals surface area (Å²) >= 11 is 1.59. The monoisotopic (exact) mass is 479 g/mol. The first-order chi connectivity index (χ1) is 16.4. The van der Waals surface area contributed by atoms with E-state index in [1.165, 1.54) is 24.3 Å². The van der Waals surface area contributed by atoms with E-state index in [0.717, 1.165) is 16.9 Å². The van der Waals surface area contributed by atoms with Gasteiger partial charge < -0.3 is 9.80 Å². The number of nitro benzene ring substituents is 1. The average Bonchev–Trinajstić information content (AvgIpc) is 3.36. The van der Waals surface area contributed by atoms with Gasteiger partial charge >= 0.3 is 0 Å². The smallest absolute Gasteiger partial charge is 0.269 e. The van der Waals surface area contributed by atoms with Crippen LogP contribution in [0.25, 0.3) is 0 Å². The third-order valence-electron chi connectivity index (χ3n) is 5.66. The molecule has 0 aliphatic rings. The molecule has 2 amide bonds. The molecule has 0 saturated carbocycles. The van der Waals surface area contributed by atoms with Crippen molar-refractivity contribution in [1.82, 2.24) is 9.80 Å². The molecule has 3 aromatic rings. The Balaban J connectivity index is 1.81. The summed E-state index contributed by atoms with van der Waals surface area (Å²) in [5, 5.41) is 12.9. The van der Waals surface area contributed by atoms with Crippen LogP contribution in [0.1, 0.15) is 41.1 Å². The summed E-state index contributed by atoms with van der Waals surface area (Å²) < 4.78 is 0. The molecule has 2 aromatic carbocycles. The molecule has 0 radical (unpaired) electrons. The molecule has 3 rings (SSSR count). The van der Waals surface area contributed by atoms with E-state index < -0.39 is 4.92 Å². The molecule has 1 heterocycles. The summed E-state index contributed by atoms with van der Waals surface area (Å²) in [7, 11) is 0. The predicted octanol–water partition coefficient (Wildman–Crippen LogP) is 5.37. The van der Waals surface area contributed by atoms with Gasteiger partial charge in [-0.15, -0.1) is 11.3 Å². The Morgan fingerprint density at radius 3 is 2.26 bits per heavy atom. The summed E-state index contributed by atoms with van der Waals surface area (Å²) in [6.45, 7) is 5.36. The van der Waals surface area contributed by atoms with Gasteiger partial charge in [-0.25, -0.2) is 0 Å². The first kappa shape index (κ1) is 25.1. The van der Waals surface area contributed by atoms with Crippen LogP contribution in [0.2, 0.25) is 0 Å². The molecule has 34 heavy (non-hydrogen) atoms. The van der Waals surface area contributed by atoms with E-state index in [2.05, 4.69) is 0 Å². The number of rotatable bonds is 11. The third-order valence-corrected chi connectivity index (χ3v) is 6.52. The molecule has 0 aliphatic heterocycles. The van der Waals surface area contributed by atoms with Crippen LogP contribution in [-0.4, -0.2) is 39.6 Å². The fraction of sp³-hybridized carbons (Fsp3) is 0.308. The van der Waals surface area contributed by atoms with E-state index in [4.69, 9.17) is 0 Å². The molecule has 1 aromatic heterocycles. The molecule has 1 atom stereocenters. The van der Waals surface area contributed by atoms with Crippen LogP contribution in [0.3, 0.4) is 0 Å². The van der Waals surface area contributed by atoms with E-state index in [0.29, 0.717) is 25.2 Å². The summed E-state index contributed by atoms with van der Waals surface area (Å²) in [5.74, 6) is -0.246. The number of nitrogens with zero attached hydrogens (tertiary/aromatic N) is 3. The van der Waals surface area contributed by atoms with Crippen LogP contribution in [0.5, 0.6) is 0 Å². The number of carbonyl (C=O) groups excluding carboxylic acids is 2. The van der Waals surface area contributed by atoms with Crippen molar-refractivity contribution in [2.45, 2.75) is 33.4 Å². The highest BCUT2D eigenvalue weighted by Gasteiger charge is 2.24. The third kappa shape index (κ3) is 6.99. The van der Waals surface area contributed by atoms with Gasteiger partial charge in [0.05, 0.1) is 11.5 Å². The summed E-state index contributed by atoms with van der Waals surface area (Å²) in [6, 6.07) is 19.3. The molecule has 0 saturated heterocycles. The van der Waals surface area contributed by atoms with Gasteiger partial charge in [-0.3, -0.25) is 19.7 Å². The molecule has 0 aliphatic carbocycles. The Morgan fingerprint density at radius 1 is 0.971 bits per heavy atom. The summed E-state index contributed by atoms with van der Waals surface area (Å²) in [4.78, 5) is 41.6. The van der Waals surface area contributed by atoms with Crippen molar-refractivity contribution >= 4 is 28.8 Å². The molecule has 1 unspecified atom stereocenters. The SMILES string of the molecule is CCC(C)CN(CC(=O)N(Cc1ccccc1)Cc1cccs1)C(=O)c1ccc([N+](=O)[O-])cc1. The maximum absolute atomic E-state index is 13.5. The highest BCUT2D eigenvalue weighted by molar-refractivity contribution is 7.09.